The number of hydrogen-bond acceptors (Lipinski definition) is 11. The van der Waals surface area contributed by atoms with Crippen molar-refractivity contribution in [1.82, 2.24) is 0 Å². The van der Waals surface area contributed by atoms with Crippen LogP contribution in [0.1, 0.15) is 70.5 Å². The van der Waals surface area contributed by atoms with Gasteiger partial charge in [-0.1, -0.05) is 27.2 Å². The van der Waals surface area contributed by atoms with E-state index < -0.39 is 11.8 Å². The van der Waals surface area contributed by atoms with Crippen LogP contribution in [0.2, 0.25) is 0 Å². The molecule has 2 atom stereocenters. The molecule has 9 nitrogen and oxygen atoms in total. The van der Waals surface area contributed by atoms with E-state index in [1.807, 2.05) is 30.3 Å². The maximum absolute atomic E-state index is 12.4. The Labute approximate surface area is 278 Å². The molecular weight excluding hydrogens is 627 g/mol. The number of aryl methyl sites for hydroxylation is 1. The second-order valence-corrected chi connectivity index (χ2v) is 13.2. The molecule has 0 aliphatic rings. The van der Waals surface area contributed by atoms with Crippen LogP contribution in [0, 0.1) is 11.8 Å². The van der Waals surface area contributed by atoms with Gasteiger partial charge in [0, 0.05) is 22.2 Å². The van der Waals surface area contributed by atoms with Crippen LogP contribution in [0.15, 0.2) is 36.4 Å². The Bertz CT molecular complexity index is 1560. The van der Waals surface area contributed by atoms with E-state index >= 15 is 0 Å². The van der Waals surface area contributed by atoms with E-state index in [9.17, 15) is 19.2 Å². The predicted octanol–water partition coefficient (Wildman–Crippen LogP) is 7.04. The Balaban J connectivity index is 0.000000250. The second kappa shape index (κ2) is 17.2. The molecule has 0 spiro atoms. The number of esters is 2. The number of hydrogen-bond donors (Lipinski definition) is 1. The fraction of sp³-hybridized carbons (Fsp3) is 0.429. The Morgan fingerprint density at radius 2 is 1.09 bits per heavy atom. The minimum absolute atomic E-state index is 0.0277. The lowest BCUT2D eigenvalue weighted by Crippen LogP contribution is -2.16. The Morgan fingerprint density at radius 3 is 1.43 bits per heavy atom. The molecule has 0 bridgehead atoms. The van der Waals surface area contributed by atoms with Gasteiger partial charge in [0.1, 0.15) is 11.5 Å². The molecule has 11 heteroatoms. The maximum Gasteiger partial charge on any atom is 0.308 e. The third kappa shape index (κ3) is 9.14. The number of Topliss-reactive ketones (excluding diaryl/α,β-unsaturated/α-hetero) is 2. The summed E-state index contributed by atoms with van der Waals surface area (Å²) in [6, 6.07) is 11.8. The molecule has 0 unspecified atom stereocenters. The maximum atomic E-state index is 12.4. The van der Waals surface area contributed by atoms with Crippen LogP contribution in [0.4, 0.5) is 0 Å². The van der Waals surface area contributed by atoms with E-state index in [-0.39, 0.29) is 36.3 Å². The van der Waals surface area contributed by atoms with Crippen molar-refractivity contribution in [3.05, 3.63) is 57.3 Å². The lowest BCUT2D eigenvalue weighted by atomic mass is 10.0. The molecule has 2 aromatic heterocycles. The number of ketones is 2. The van der Waals surface area contributed by atoms with E-state index in [2.05, 4.69) is 22.5 Å². The number of rotatable bonds is 14. The SMILES string of the molecule is CCCc1cc2cc(C(=O)C[C@H](C)C(=O)OC)sc2cc1OC.COC(=O)[C@@H](C)CC(=O)c1cc2cc(CCN)c(OC)cc2s1. The Kier molecular flexibility index (Phi) is 13.7. The number of carbonyl (C=O) groups excluding carboxylic acids is 4. The van der Waals surface area contributed by atoms with Gasteiger partial charge < -0.3 is 24.7 Å². The third-order valence-electron chi connectivity index (χ3n) is 7.51. The fourth-order valence-corrected chi connectivity index (χ4v) is 7.07. The zero-order valence-corrected chi connectivity index (χ0v) is 29.2. The minimum Gasteiger partial charge on any atom is -0.496 e. The van der Waals surface area contributed by atoms with Gasteiger partial charge in [0.2, 0.25) is 0 Å². The van der Waals surface area contributed by atoms with E-state index in [1.165, 1.54) is 36.9 Å². The summed E-state index contributed by atoms with van der Waals surface area (Å²) in [5.74, 6) is -0.0286. The lowest BCUT2D eigenvalue weighted by Gasteiger charge is -2.07. The summed E-state index contributed by atoms with van der Waals surface area (Å²) in [4.78, 5) is 49.0. The normalized spacial score (nSPS) is 12.2. The standard InChI is InChI=1S/C18H22O4S.C17H21NO4S/c1-5-6-12-8-13-9-17(23-16(13)10-15(12)21-3)14(19)7-11(2)18(20)22-4;1-10(17(20)22-3)6-13(19)16-8-12-7-11(4-5-18)14(21-2)9-15(12)23-16/h8-11H,5-7H2,1-4H3;7-10H,4-6,18H2,1-3H3/t11-;10-/m00/s1. The summed E-state index contributed by atoms with van der Waals surface area (Å²) in [5.41, 5.74) is 7.81. The Morgan fingerprint density at radius 1 is 0.674 bits per heavy atom. The van der Waals surface area contributed by atoms with Crippen LogP contribution in [-0.2, 0) is 31.9 Å². The number of thiophene rings is 2. The summed E-state index contributed by atoms with van der Waals surface area (Å²) < 4.78 is 22.2. The van der Waals surface area contributed by atoms with Crippen molar-refractivity contribution in [1.29, 1.82) is 0 Å². The Hall–Kier alpha value is -3.80. The van der Waals surface area contributed by atoms with Gasteiger partial charge in [-0.15, -0.1) is 22.7 Å². The smallest absolute Gasteiger partial charge is 0.308 e. The van der Waals surface area contributed by atoms with Gasteiger partial charge in [0.25, 0.3) is 0 Å². The molecule has 2 heterocycles. The van der Waals surface area contributed by atoms with Crippen molar-refractivity contribution in [2.45, 2.75) is 52.9 Å². The summed E-state index contributed by atoms with van der Waals surface area (Å²) >= 11 is 2.85. The van der Waals surface area contributed by atoms with Crippen LogP contribution in [0.25, 0.3) is 20.2 Å². The molecule has 0 aliphatic carbocycles. The van der Waals surface area contributed by atoms with E-state index in [4.69, 9.17) is 15.2 Å². The highest BCUT2D eigenvalue weighted by atomic mass is 32.1. The molecule has 0 amide bonds. The first-order valence-electron chi connectivity index (χ1n) is 15.1. The molecule has 46 heavy (non-hydrogen) atoms. The van der Waals surface area contributed by atoms with E-state index in [1.54, 1.807) is 28.1 Å². The number of methoxy groups -OCH3 is 4. The predicted molar refractivity (Wildman–Crippen MR) is 184 cm³/mol. The molecule has 0 saturated heterocycles. The molecule has 0 aliphatic heterocycles. The first kappa shape index (κ1) is 36.7. The summed E-state index contributed by atoms with van der Waals surface area (Å²) in [5, 5.41) is 2.04. The average Bonchev–Trinajstić information content (AvgIpc) is 3.67. The van der Waals surface area contributed by atoms with Crippen LogP contribution in [0.5, 0.6) is 11.5 Å². The van der Waals surface area contributed by atoms with Crippen LogP contribution >= 0.6 is 22.7 Å². The molecule has 4 aromatic rings. The quantitative estimate of drug-likeness (QED) is 0.111. The molecule has 0 radical (unpaired) electrons. The second-order valence-electron chi connectivity index (χ2n) is 11.0. The first-order chi connectivity index (χ1) is 22.0. The van der Waals surface area contributed by atoms with Crippen molar-refractivity contribution in [3.8, 4) is 11.5 Å². The monoisotopic (exact) mass is 669 g/mol. The van der Waals surface area contributed by atoms with Gasteiger partial charge in [-0.05, 0) is 77.7 Å². The zero-order valence-electron chi connectivity index (χ0n) is 27.5. The highest BCUT2D eigenvalue weighted by Crippen LogP contribution is 2.35. The fourth-order valence-electron chi connectivity index (χ4n) is 5.03. The number of carbonyl (C=O) groups is 4. The topological polar surface area (TPSA) is 131 Å². The van der Waals surface area contributed by atoms with Gasteiger partial charge in [0.05, 0.1) is 50.0 Å². The van der Waals surface area contributed by atoms with Crippen LogP contribution in [0.3, 0.4) is 0 Å². The number of nitrogens with two attached hydrogens (primary N) is 1. The summed E-state index contributed by atoms with van der Waals surface area (Å²) in [6.07, 6.45) is 3.01. The van der Waals surface area contributed by atoms with E-state index in [0.29, 0.717) is 16.3 Å². The van der Waals surface area contributed by atoms with Crippen molar-refractivity contribution >= 4 is 66.4 Å². The largest absolute Gasteiger partial charge is 0.496 e. The lowest BCUT2D eigenvalue weighted by molar-refractivity contribution is -0.145. The molecular formula is C35H43NO8S2. The molecule has 0 saturated carbocycles. The van der Waals surface area contributed by atoms with Gasteiger partial charge >= 0.3 is 11.9 Å². The molecule has 2 N–H and O–H groups in total. The average molecular weight is 670 g/mol. The van der Waals surface area contributed by atoms with E-state index in [0.717, 1.165) is 62.1 Å². The summed E-state index contributed by atoms with van der Waals surface area (Å²) in [6.45, 7) is 6.06. The highest BCUT2D eigenvalue weighted by molar-refractivity contribution is 7.21. The molecule has 248 valence electrons. The number of fused-ring (bicyclic) bond motifs is 2. The van der Waals surface area contributed by atoms with Crippen LogP contribution in [-0.4, -0.2) is 58.5 Å². The number of ether oxygens (including phenoxy) is 4. The highest BCUT2D eigenvalue weighted by Gasteiger charge is 2.22. The van der Waals surface area contributed by atoms with Crippen molar-refractivity contribution in [2.24, 2.45) is 17.6 Å². The van der Waals surface area contributed by atoms with Gasteiger partial charge in [-0.3, -0.25) is 19.2 Å². The first-order valence-corrected chi connectivity index (χ1v) is 16.8. The molecule has 2 aromatic carbocycles. The number of benzene rings is 2. The van der Waals surface area contributed by atoms with Gasteiger partial charge in [0.15, 0.2) is 11.6 Å². The van der Waals surface area contributed by atoms with Crippen LogP contribution < -0.4 is 15.2 Å². The molecule has 0 fully saturated rings. The third-order valence-corrected chi connectivity index (χ3v) is 9.79. The van der Waals surface area contributed by atoms with Crippen molar-refractivity contribution < 1.29 is 38.1 Å². The zero-order chi connectivity index (χ0) is 34.0. The van der Waals surface area contributed by atoms with Crippen molar-refractivity contribution in [3.63, 3.8) is 0 Å². The minimum atomic E-state index is -0.444. The summed E-state index contributed by atoms with van der Waals surface area (Å²) in [7, 11) is 5.95. The van der Waals surface area contributed by atoms with Gasteiger partial charge in [-0.25, -0.2) is 0 Å². The van der Waals surface area contributed by atoms with Gasteiger partial charge in [-0.2, -0.15) is 0 Å². The van der Waals surface area contributed by atoms with Crippen molar-refractivity contribution in [2.75, 3.05) is 35.0 Å². The molecule has 4 rings (SSSR count).